The predicted molar refractivity (Wildman–Crippen MR) is 148 cm³/mol. The van der Waals surface area contributed by atoms with E-state index >= 15 is 0 Å². The summed E-state index contributed by atoms with van der Waals surface area (Å²) in [4.78, 5) is 30.3. The van der Waals surface area contributed by atoms with Crippen LogP contribution in [-0.4, -0.2) is 15.5 Å². The van der Waals surface area contributed by atoms with Crippen molar-refractivity contribution in [2.45, 2.75) is 19.6 Å². The number of nitriles is 1. The highest BCUT2D eigenvalue weighted by Gasteiger charge is 2.14. The molecule has 0 aliphatic heterocycles. The van der Waals surface area contributed by atoms with Gasteiger partial charge in [-0.05, 0) is 53.1 Å². The van der Waals surface area contributed by atoms with E-state index in [2.05, 4.69) is 21.7 Å². The van der Waals surface area contributed by atoms with Gasteiger partial charge in [-0.1, -0.05) is 42.5 Å². The van der Waals surface area contributed by atoms with Gasteiger partial charge in [-0.3, -0.25) is 14.6 Å². The second-order valence-corrected chi connectivity index (χ2v) is 9.14. The van der Waals surface area contributed by atoms with Crippen molar-refractivity contribution in [2.24, 2.45) is 0 Å². The van der Waals surface area contributed by atoms with Gasteiger partial charge in [0.2, 0.25) is 0 Å². The number of fused-ring (bicyclic) bond motifs is 1. The number of hydrogen-bond donors (Lipinski definition) is 2. The molecule has 2 N–H and O–H groups in total. The van der Waals surface area contributed by atoms with Gasteiger partial charge in [0.1, 0.15) is 11.6 Å². The van der Waals surface area contributed by atoms with Gasteiger partial charge in [0.05, 0.1) is 23.3 Å². The number of anilines is 1. The summed E-state index contributed by atoms with van der Waals surface area (Å²) in [6.45, 7) is 0.621. The van der Waals surface area contributed by atoms with E-state index in [1.54, 1.807) is 6.07 Å². The van der Waals surface area contributed by atoms with Crippen molar-refractivity contribution in [3.63, 3.8) is 0 Å². The number of pyridine rings is 2. The van der Waals surface area contributed by atoms with Crippen LogP contribution < -0.4 is 16.2 Å². The first kappa shape index (κ1) is 26.3. The Labute approximate surface area is 228 Å². The smallest absolute Gasteiger partial charge is 0.263 e. The Morgan fingerprint density at radius 3 is 2.48 bits per heavy atom. The first-order valence-corrected chi connectivity index (χ1v) is 12.4. The van der Waals surface area contributed by atoms with Gasteiger partial charge in [0.25, 0.3) is 11.5 Å². The molecule has 0 bridgehead atoms. The van der Waals surface area contributed by atoms with Gasteiger partial charge in [-0.25, -0.2) is 8.78 Å². The molecule has 0 fully saturated rings. The zero-order valence-corrected chi connectivity index (χ0v) is 21.2. The first-order chi connectivity index (χ1) is 19.4. The van der Waals surface area contributed by atoms with Crippen LogP contribution in [-0.2, 0) is 19.6 Å². The fourth-order valence-electron chi connectivity index (χ4n) is 4.36. The molecule has 2 aromatic heterocycles. The standard InChI is InChI=1S/C31H23F2N5O2/c32-26-10-8-22(14-27(26)33)19-38-12-4-7-24(31(38)40)30(39)37-17-21-9-11-28-25(13-21)29(23(15-34)18-35-28)36-16-20-5-2-1-3-6-20/h1-14,18H,16-17,19H2,(H,35,36)(H,37,39). The van der Waals surface area contributed by atoms with E-state index in [9.17, 15) is 23.6 Å². The number of carbonyl (C=O) groups excluding carboxylic acids is 1. The normalized spacial score (nSPS) is 10.7. The SMILES string of the molecule is N#Cc1cnc2ccc(CNC(=O)c3cccn(Cc4ccc(F)c(F)c4)c3=O)cc2c1NCc1ccccc1. The molecule has 0 aliphatic carbocycles. The minimum Gasteiger partial charge on any atom is -0.379 e. The number of nitrogens with zero attached hydrogens (tertiary/aromatic N) is 3. The van der Waals surface area contributed by atoms with Gasteiger partial charge in [0.15, 0.2) is 11.6 Å². The highest BCUT2D eigenvalue weighted by atomic mass is 19.2. The Hall–Kier alpha value is -5.36. The highest BCUT2D eigenvalue weighted by molar-refractivity contribution is 5.95. The molecule has 0 aliphatic rings. The Morgan fingerprint density at radius 1 is 0.900 bits per heavy atom. The number of carbonyl (C=O) groups is 1. The largest absolute Gasteiger partial charge is 0.379 e. The van der Waals surface area contributed by atoms with Crippen LogP contribution in [0.3, 0.4) is 0 Å². The summed E-state index contributed by atoms with van der Waals surface area (Å²) in [5, 5.41) is 16.5. The molecule has 9 heteroatoms. The molecule has 0 saturated heterocycles. The summed E-state index contributed by atoms with van der Waals surface area (Å²) in [7, 11) is 0. The molecule has 2 heterocycles. The lowest BCUT2D eigenvalue weighted by Crippen LogP contribution is -2.32. The van der Waals surface area contributed by atoms with E-state index < -0.39 is 23.1 Å². The van der Waals surface area contributed by atoms with Gasteiger partial charge < -0.3 is 15.2 Å². The molecular formula is C31H23F2N5O2. The van der Waals surface area contributed by atoms with Gasteiger partial charge in [-0.15, -0.1) is 0 Å². The summed E-state index contributed by atoms with van der Waals surface area (Å²) < 4.78 is 28.1. The number of nitrogens with one attached hydrogen (secondary N) is 2. The lowest BCUT2D eigenvalue weighted by molar-refractivity contribution is 0.0949. The van der Waals surface area contributed by atoms with Crippen molar-refractivity contribution in [1.82, 2.24) is 14.9 Å². The Bertz CT molecular complexity index is 1810. The average Bonchev–Trinajstić information content (AvgIpc) is 2.98. The van der Waals surface area contributed by atoms with Crippen molar-refractivity contribution < 1.29 is 13.6 Å². The van der Waals surface area contributed by atoms with Gasteiger partial charge in [-0.2, -0.15) is 5.26 Å². The molecule has 7 nitrogen and oxygen atoms in total. The lowest BCUT2D eigenvalue weighted by atomic mass is 10.1. The molecule has 1 amide bonds. The Morgan fingerprint density at radius 2 is 1.70 bits per heavy atom. The average molecular weight is 536 g/mol. The Kier molecular flexibility index (Phi) is 7.60. The van der Waals surface area contributed by atoms with Crippen molar-refractivity contribution >= 4 is 22.5 Å². The van der Waals surface area contributed by atoms with E-state index in [1.165, 1.54) is 29.1 Å². The van der Waals surface area contributed by atoms with E-state index in [4.69, 9.17) is 0 Å². The van der Waals surface area contributed by atoms with E-state index in [-0.39, 0.29) is 18.7 Å². The summed E-state index contributed by atoms with van der Waals surface area (Å²) in [6.07, 6.45) is 3.01. The van der Waals surface area contributed by atoms with Crippen LogP contribution in [0, 0.1) is 23.0 Å². The zero-order valence-electron chi connectivity index (χ0n) is 21.2. The number of benzene rings is 3. The van der Waals surface area contributed by atoms with Crippen LogP contribution >= 0.6 is 0 Å². The van der Waals surface area contributed by atoms with E-state index in [0.717, 1.165) is 28.6 Å². The van der Waals surface area contributed by atoms with Crippen molar-refractivity contribution in [3.8, 4) is 6.07 Å². The number of rotatable bonds is 8. The van der Waals surface area contributed by atoms with Crippen LogP contribution in [0.1, 0.15) is 32.6 Å². The van der Waals surface area contributed by atoms with Crippen molar-refractivity contribution in [3.05, 3.63) is 141 Å². The molecule has 40 heavy (non-hydrogen) atoms. The fourth-order valence-corrected chi connectivity index (χ4v) is 4.36. The number of halogens is 2. The van der Waals surface area contributed by atoms with Crippen molar-refractivity contribution in [2.75, 3.05) is 5.32 Å². The summed E-state index contributed by atoms with van der Waals surface area (Å²) in [6, 6.07) is 23.8. The quantitative estimate of drug-likeness (QED) is 0.287. The maximum Gasteiger partial charge on any atom is 0.263 e. The molecule has 3 aromatic carbocycles. The van der Waals surface area contributed by atoms with Crippen LogP contribution in [0.2, 0.25) is 0 Å². The molecule has 0 atom stereocenters. The maximum atomic E-state index is 13.6. The van der Waals surface area contributed by atoms with Crippen molar-refractivity contribution in [1.29, 1.82) is 5.26 Å². The predicted octanol–water partition coefficient (Wildman–Crippen LogP) is 5.14. The maximum absolute atomic E-state index is 13.6. The minimum absolute atomic E-state index is 0.0190. The topological polar surface area (TPSA) is 99.8 Å². The third-order valence-corrected chi connectivity index (χ3v) is 6.42. The lowest BCUT2D eigenvalue weighted by Gasteiger charge is -2.13. The zero-order chi connectivity index (χ0) is 28.1. The fraction of sp³-hybridized carbons (Fsp3) is 0.0968. The van der Waals surface area contributed by atoms with Crippen LogP contribution in [0.5, 0.6) is 0 Å². The van der Waals surface area contributed by atoms with Crippen LogP contribution in [0.4, 0.5) is 14.5 Å². The summed E-state index contributed by atoms with van der Waals surface area (Å²) in [5.74, 6) is -2.56. The number of hydrogen-bond acceptors (Lipinski definition) is 5. The van der Waals surface area contributed by atoms with Crippen LogP contribution in [0.15, 0.2) is 96.1 Å². The Balaban J connectivity index is 1.34. The van der Waals surface area contributed by atoms with E-state index in [1.807, 2.05) is 48.5 Å². The first-order valence-electron chi connectivity index (χ1n) is 12.4. The minimum atomic E-state index is -1.01. The molecule has 0 spiro atoms. The molecule has 0 saturated carbocycles. The third kappa shape index (κ3) is 5.71. The second-order valence-electron chi connectivity index (χ2n) is 9.14. The number of amides is 1. The molecule has 5 aromatic rings. The van der Waals surface area contributed by atoms with E-state index in [0.29, 0.717) is 28.9 Å². The third-order valence-electron chi connectivity index (χ3n) is 6.42. The van der Waals surface area contributed by atoms with Gasteiger partial charge in [0, 0.05) is 30.9 Å². The van der Waals surface area contributed by atoms with Gasteiger partial charge >= 0.3 is 0 Å². The monoisotopic (exact) mass is 535 g/mol. The summed E-state index contributed by atoms with van der Waals surface area (Å²) >= 11 is 0. The molecule has 198 valence electrons. The molecular weight excluding hydrogens is 512 g/mol. The van der Waals surface area contributed by atoms with Crippen LogP contribution in [0.25, 0.3) is 10.9 Å². The summed E-state index contributed by atoms with van der Waals surface area (Å²) in [5.41, 5.74) is 3.28. The second kappa shape index (κ2) is 11.6. The molecule has 0 unspecified atom stereocenters. The number of aromatic nitrogens is 2. The highest BCUT2D eigenvalue weighted by Crippen LogP contribution is 2.27. The molecule has 0 radical (unpaired) electrons. The molecule has 5 rings (SSSR count).